The van der Waals surface area contributed by atoms with E-state index < -0.39 is 0 Å². The molecule has 0 aliphatic carbocycles. The molecule has 122 valence electrons. The number of halogens is 1. The van der Waals surface area contributed by atoms with Crippen LogP contribution in [0.25, 0.3) is 0 Å². The topological polar surface area (TPSA) is 43.8 Å². The third-order valence-corrected chi connectivity index (χ3v) is 4.94. The highest BCUT2D eigenvalue weighted by Gasteiger charge is 2.26. The maximum Gasteiger partial charge on any atom is 0.253 e. The molecule has 0 bridgehead atoms. The number of nitrogens with zero attached hydrogens (tertiary/aromatic N) is 2. The molecule has 0 spiro atoms. The Hall–Kier alpha value is -1.10. The minimum absolute atomic E-state index is 0.0235. The van der Waals surface area contributed by atoms with Crippen LogP contribution in [0.4, 0.5) is 0 Å². The second-order valence-corrected chi connectivity index (χ2v) is 6.78. The van der Waals surface area contributed by atoms with E-state index in [1.54, 1.807) is 29.2 Å². The number of carbonyl (C=O) groups is 1. The molecule has 0 saturated carbocycles. The lowest BCUT2D eigenvalue weighted by atomic mass is 9.97. The van der Waals surface area contributed by atoms with E-state index in [0.29, 0.717) is 16.5 Å². The van der Waals surface area contributed by atoms with Crippen molar-refractivity contribution < 1.29 is 9.90 Å². The van der Waals surface area contributed by atoms with Crippen LogP contribution in [0.15, 0.2) is 24.3 Å². The molecule has 1 aliphatic heterocycles. The second kappa shape index (κ2) is 7.44. The summed E-state index contributed by atoms with van der Waals surface area (Å²) in [7, 11) is 1.85. The molecule has 5 heteroatoms. The number of benzene rings is 1. The number of β-amino-alcohol motifs (C(OH)–C–C–N with tert-alkyl or cyclic N) is 1. The van der Waals surface area contributed by atoms with Crippen LogP contribution in [-0.2, 0) is 0 Å². The lowest BCUT2D eigenvalue weighted by molar-refractivity contribution is -0.00193. The van der Waals surface area contributed by atoms with Crippen LogP contribution >= 0.6 is 11.6 Å². The Morgan fingerprint density at radius 1 is 1.36 bits per heavy atom. The van der Waals surface area contributed by atoms with Gasteiger partial charge in [-0.05, 0) is 50.1 Å². The van der Waals surface area contributed by atoms with Crippen LogP contribution in [0.2, 0.25) is 5.02 Å². The van der Waals surface area contributed by atoms with E-state index >= 15 is 0 Å². The molecule has 4 nitrogen and oxygen atoms in total. The summed E-state index contributed by atoms with van der Waals surface area (Å²) in [5.74, 6) is 0.425. The molecule has 2 atom stereocenters. The molecule has 1 amide bonds. The first-order chi connectivity index (χ1) is 10.4. The van der Waals surface area contributed by atoms with Gasteiger partial charge in [0, 0.05) is 36.8 Å². The van der Waals surface area contributed by atoms with Gasteiger partial charge in [-0.15, -0.1) is 0 Å². The van der Waals surface area contributed by atoms with Gasteiger partial charge in [0.2, 0.25) is 0 Å². The Morgan fingerprint density at radius 2 is 1.95 bits per heavy atom. The molecular formula is C17H25ClN2O2. The summed E-state index contributed by atoms with van der Waals surface area (Å²) in [4.78, 5) is 16.5. The van der Waals surface area contributed by atoms with Gasteiger partial charge in [-0.25, -0.2) is 0 Å². The van der Waals surface area contributed by atoms with Crippen LogP contribution < -0.4 is 0 Å². The van der Waals surface area contributed by atoms with Crippen molar-refractivity contribution in [2.24, 2.45) is 5.92 Å². The molecule has 2 rings (SSSR count). The first kappa shape index (κ1) is 17.3. The lowest BCUT2D eigenvalue weighted by Gasteiger charge is -2.37. The number of carbonyl (C=O) groups excluding carboxylic acids is 1. The van der Waals surface area contributed by atoms with Crippen molar-refractivity contribution in [3.05, 3.63) is 34.9 Å². The first-order valence-corrected chi connectivity index (χ1v) is 8.19. The van der Waals surface area contributed by atoms with Gasteiger partial charge in [0.15, 0.2) is 0 Å². The normalized spacial score (nSPS) is 18.6. The van der Waals surface area contributed by atoms with Gasteiger partial charge in [-0.1, -0.05) is 18.5 Å². The highest BCUT2D eigenvalue weighted by atomic mass is 35.5. The van der Waals surface area contributed by atoms with Gasteiger partial charge < -0.3 is 10.0 Å². The van der Waals surface area contributed by atoms with E-state index in [1.165, 1.54) is 0 Å². The minimum atomic E-state index is -0.151. The zero-order chi connectivity index (χ0) is 16.3. The maximum atomic E-state index is 12.5. The summed E-state index contributed by atoms with van der Waals surface area (Å²) in [6.07, 6.45) is 0.869. The smallest absolute Gasteiger partial charge is 0.253 e. The molecule has 1 heterocycles. The summed E-state index contributed by atoms with van der Waals surface area (Å²) in [5.41, 5.74) is 0.664. The van der Waals surface area contributed by atoms with E-state index in [-0.39, 0.29) is 18.1 Å². The first-order valence-electron chi connectivity index (χ1n) is 7.81. The number of likely N-dealkylation sites (tertiary alicyclic amines) is 1. The second-order valence-electron chi connectivity index (χ2n) is 6.34. The van der Waals surface area contributed by atoms with Crippen molar-refractivity contribution >= 4 is 17.5 Å². The fourth-order valence-electron chi connectivity index (χ4n) is 2.72. The van der Waals surface area contributed by atoms with E-state index in [1.807, 2.05) is 7.05 Å². The van der Waals surface area contributed by atoms with Crippen LogP contribution in [0, 0.1) is 5.92 Å². The molecule has 1 aliphatic rings. The van der Waals surface area contributed by atoms with Crippen LogP contribution in [0.3, 0.4) is 0 Å². The Morgan fingerprint density at radius 3 is 2.50 bits per heavy atom. The third-order valence-electron chi connectivity index (χ3n) is 4.68. The van der Waals surface area contributed by atoms with Crippen molar-refractivity contribution in [2.75, 3.05) is 26.7 Å². The number of aliphatic hydroxyl groups excluding tert-OH is 1. The van der Waals surface area contributed by atoms with Gasteiger partial charge in [-0.2, -0.15) is 0 Å². The molecule has 1 N–H and O–H groups in total. The summed E-state index contributed by atoms with van der Waals surface area (Å²) in [6, 6.07) is 7.17. The molecule has 0 radical (unpaired) electrons. The average Bonchev–Trinajstić information content (AvgIpc) is 2.48. The van der Waals surface area contributed by atoms with Gasteiger partial charge in [0.25, 0.3) is 5.91 Å². The number of amides is 1. The molecule has 1 aromatic carbocycles. The molecular weight excluding hydrogens is 300 g/mol. The van der Waals surface area contributed by atoms with Crippen LogP contribution in [0.5, 0.6) is 0 Å². The number of hydrogen-bond donors (Lipinski definition) is 1. The van der Waals surface area contributed by atoms with Crippen molar-refractivity contribution in [1.29, 1.82) is 0 Å². The maximum absolute atomic E-state index is 12.5. The number of hydrogen-bond acceptors (Lipinski definition) is 3. The van der Waals surface area contributed by atoms with Crippen molar-refractivity contribution in [3.63, 3.8) is 0 Å². The fraction of sp³-hybridized carbons (Fsp3) is 0.588. The SMILES string of the molecule is CC(CCN1CC(O)C1)C(C)N(C)C(=O)c1ccc(Cl)cc1. The zero-order valence-electron chi connectivity index (χ0n) is 13.5. The summed E-state index contributed by atoms with van der Waals surface area (Å²) >= 11 is 5.86. The largest absolute Gasteiger partial charge is 0.390 e. The van der Waals surface area contributed by atoms with Crippen molar-refractivity contribution in [2.45, 2.75) is 32.4 Å². The minimum Gasteiger partial charge on any atom is -0.390 e. The fourth-order valence-corrected chi connectivity index (χ4v) is 2.84. The van der Waals surface area contributed by atoms with E-state index in [4.69, 9.17) is 11.6 Å². The molecule has 1 aromatic rings. The van der Waals surface area contributed by atoms with Crippen LogP contribution in [-0.4, -0.2) is 59.6 Å². The molecule has 1 saturated heterocycles. The van der Waals surface area contributed by atoms with Crippen molar-refractivity contribution in [1.82, 2.24) is 9.80 Å². The van der Waals surface area contributed by atoms with Gasteiger partial charge >= 0.3 is 0 Å². The monoisotopic (exact) mass is 324 g/mol. The van der Waals surface area contributed by atoms with Gasteiger partial charge in [-0.3, -0.25) is 9.69 Å². The quantitative estimate of drug-likeness (QED) is 0.874. The number of rotatable bonds is 6. The van der Waals surface area contributed by atoms with Crippen molar-refractivity contribution in [3.8, 4) is 0 Å². The highest BCUT2D eigenvalue weighted by Crippen LogP contribution is 2.19. The standard InChI is InChI=1S/C17H25ClN2O2/c1-12(8-9-20-10-16(21)11-20)13(2)19(3)17(22)14-4-6-15(18)7-5-14/h4-7,12-13,16,21H,8-11H2,1-3H3. The van der Waals surface area contributed by atoms with Gasteiger partial charge in [0.1, 0.15) is 0 Å². The van der Waals surface area contributed by atoms with E-state index in [2.05, 4.69) is 18.7 Å². The Kier molecular flexibility index (Phi) is 5.84. The Balaban J connectivity index is 1.85. The summed E-state index contributed by atoms with van der Waals surface area (Å²) in [5, 5.41) is 9.93. The molecule has 2 unspecified atom stereocenters. The predicted octanol–water partition coefficient (Wildman–Crippen LogP) is 2.50. The van der Waals surface area contributed by atoms with Crippen LogP contribution in [0.1, 0.15) is 30.6 Å². The lowest BCUT2D eigenvalue weighted by Crippen LogP contribution is -2.51. The molecule has 0 aromatic heterocycles. The highest BCUT2D eigenvalue weighted by molar-refractivity contribution is 6.30. The summed E-state index contributed by atoms with van der Waals surface area (Å²) < 4.78 is 0. The Labute approximate surface area is 137 Å². The predicted molar refractivity (Wildman–Crippen MR) is 89.2 cm³/mol. The third kappa shape index (κ3) is 4.22. The van der Waals surface area contributed by atoms with E-state index in [9.17, 15) is 9.90 Å². The zero-order valence-corrected chi connectivity index (χ0v) is 14.3. The molecule has 1 fully saturated rings. The molecule has 22 heavy (non-hydrogen) atoms. The average molecular weight is 325 g/mol. The summed E-state index contributed by atoms with van der Waals surface area (Å²) in [6.45, 7) is 6.79. The van der Waals surface area contributed by atoms with E-state index in [0.717, 1.165) is 26.1 Å². The Bertz CT molecular complexity index is 500. The van der Waals surface area contributed by atoms with Gasteiger partial charge in [0.05, 0.1) is 6.10 Å². The number of aliphatic hydroxyl groups is 1.